The van der Waals surface area contributed by atoms with Gasteiger partial charge in [-0.1, -0.05) is 31.7 Å². The van der Waals surface area contributed by atoms with E-state index >= 15 is 0 Å². The fourth-order valence-electron chi connectivity index (χ4n) is 2.86. The van der Waals surface area contributed by atoms with Gasteiger partial charge in [0.2, 0.25) is 5.91 Å². The Labute approximate surface area is 164 Å². The molecule has 0 aliphatic carbocycles. The SMILES string of the molecule is Cc1cc(C)c(C(=O)CSc2nnc(CCC(N)=O)n2CC(C)C)cc1C. The Kier molecular flexibility index (Phi) is 7.18. The number of carbonyl (C=O) groups is 2. The van der Waals surface area contributed by atoms with Gasteiger partial charge in [0.15, 0.2) is 10.9 Å². The van der Waals surface area contributed by atoms with Crippen molar-refractivity contribution in [1.82, 2.24) is 14.8 Å². The van der Waals surface area contributed by atoms with Crippen LogP contribution in [0.15, 0.2) is 17.3 Å². The van der Waals surface area contributed by atoms with Gasteiger partial charge in [0.1, 0.15) is 5.82 Å². The van der Waals surface area contributed by atoms with Crippen LogP contribution in [0.1, 0.15) is 53.1 Å². The Morgan fingerprint density at radius 3 is 2.41 bits per heavy atom. The second-order valence-electron chi connectivity index (χ2n) is 7.33. The van der Waals surface area contributed by atoms with Gasteiger partial charge in [0.25, 0.3) is 0 Å². The summed E-state index contributed by atoms with van der Waals surface area (Å²) >= 11 is 1.39. The van der Waals surface area contributed by atoms with Crippen molar-refractivity contribution in [3.8, 4) is 0 Å². The van der Waals surface area contributed by atoms with Crippen LogP contribution in [0.25, 0.3) is 0 Å². The molecule has 0 aliphatic rings. The van der Waals surface area contributed by atoms with Crippen molar-refractivity contribution < 1.29 is 9.59 Å². The van der Waals surface area contributed by atoms with E-state index in [1.54, 1.807) is 0 Å². The Morgan fingerprint density at radius 1 is 1.11 bits per heavy atom. The number of rotatable bonds is 9. The van der Waals surface area contributed by atoms with Crippen LogP contribution < -0.4 is 5.73 Å². The number of aromatic nitrogens is 3. The molecule has 2 aromatic rings. The summed E-state index contributed by atoms with van der Waals surface area (Å²) in [6, 6.07) is 4.02. The van der Waals surface area contributed by atoms with Gasteiger partial charge in [-0.2, -0.15) is 0 Å². The summed E-state index contributed by atoms with van der Waals surface area (Å²) in [5, 5.41) is 9.15. The first-order valence-corrected chi connectivity index (χ1v) is 10.1. The number of carbonyl (C=O) groups excluding carboxylic acids is 2. The zero-order valence-electron chi connectivity index (χ0n) is 16.7. The molecule has 6 nitrogen and oxygen atoms in total. The lowest BCUT2D eigenvalue weighted by Crippen LogP contribution is -2.15. The molecule has 1 aromatic heterocycles. The minimum absolute atomic E-state index is 0.0818. The molecular weight excluding hydrogens is 360 g/mol. The van der Waals surface area contributed by atoms with Gasteiger partial charge in [0, 0.05) is 24.9 Å². The van der Waals surface area contributed by atoms with E-state index in [0.717, 1.165) is 29.1 Å². The summed E-state index contributed by atoms with van der Waals surface area (Å²) in [5.74, 6) is 1.15. The maximum atomic E-state index is 12.7. The van der Waals surface area contributed by atoms with Crippen molar-refractivity contribution in [3.63, 3.8) is 0 Å². The molecule has 1 aromatic carbocycles. The second-order valence-corrected chi connectivity index (χ2v) is 8.28. The Hall–Kier alpha value is -2.15. The van der Waals surface area contributed by atoms with Gasteiger partial charge in [0.05, 0.1) is 5.75 Å². The maximum Gasteiger partial charge on any atom is 0.217 e. The first kappa shape index (κ1) is 21.2. The van der Waals surface area contributed by atoms with E-state index in [9.17, 15) is 9.59 Å². The van der Waals surface area contributed by atoms with Gasteiger partial charge in [-0.3, -0.25) is 9.59 Å². The fraction of sp³-hybridized carbons (Fsp3) is 0.500. The largest absolute Gasteiger partial charge is 0.370 e. The van der Waals surface area contributed by atoms with Crippen LogP contribution in [0.3, 0.4) is 0 Å². The lowest BCUT2D eigenvalue weighted by Gasteiger charge is -2.12. The number of hydrogen-bond acceptors (Lipinski definition) is 5. The number of thioether (sulfide) groups is 1. The van der Waals surface area contributed by atoms with E-state index in [-0.39, 0.29) is 18.1 Å². The molecule has 0 aliphatic heterocycles. The molecule has 0 bridgehead atoms. The van der Waals surface area contributed by atoms with Crippen LogP contribution in [-0.2, 0) is 17.8 Å². The minimum atomic E-state index is -0.358. The summed E-state index contributed by atoms with van der Waals surface area (Å²) in [6.07, 6.45) is 0.696. The number of ketones is 1. The number of benzene rings is 1. The number of nitrogens with zero attached hydrogens (tertiary/aromatic N) is 3. The van der Waals surface area contributed by atoms with Crippen LogP contribution >= 0.6 is 11.8 Å². The van der Waals surface area contributed by atoms with Crippen molar-refractivity contribution in [1.29, 1.82) is 0 Å². The van der Waals surface area contributed by atoms with E-state index in [2.05, 4.69) is 30.1 Å². The average molecular weight is 389 g/mol. The first-order valence-electron chi connectivity index (χ1n) is 9.13. The molecule has 2 N–H and O–H groups in total. The van der Waals surface area contributed by atoms with Gasteiger partial charge < -0.3 is 10.3 Å². The van der Waals surface area contributed by atoms with Gasteiger partial charge in [-0.15, -0.1) is 10.2 Å². The predicted molar refractivity (Wildman–Crippen MR) is 108 cm³/mol. The van der Waals surface area contributed by atoms with Crippen molar-refractivity contribution in [2.75, 3.05) is 5.75 Å². The van der Waals surface area contributed by atoms with Crippen molar-refractivity contribution in [3.05, 3.63) is 40.2 Å². The normalized spacial score (nSPS) is 11.2. The summed E-state index contributed by atoms with van der Waals surface area (Å²) in [4.78, 5) is 23.8. The Morgan fingerprint density at radius 2 is 1.78 bits per heavy atom. The number of nitrogens with two attached hydrogens (primary N) is 1. The number of amides is 1. The van der Waals surface area contributed by atoms with Gasteiger partial charge in [-0.25, -0.2) is 0 Å². The molecule has 0 saturated heterocycles. The van der Waals surface area contributed by atoms with E-state index in [1.807, 2.05) is 31.4 Å². The topological polar surface area (TPSA) is 90.9 Å². The number of aryl methyl sites for hydroxylation is 4. The molecule has 0 radical (unpaired) electrons. The zero-order valence-corrected chi connectivity index (χ0v) is 17.5. The lowest BCUT2D eigenvalue weighted by molar-refractivity contribution is -0.118. The smallest absolute Gasteiger partial charge is 0.217 e. The standard InChI is InChI=1S/C20H28N4O2S/c1-12(2)10-24-19(7-6-18(21)26)22-23-20(24)27-11-17(25)16-9-14(4)13(3)8-15(16)5/h8-9,12H,6-7,10-11H2,1-5H3,(H2,21,26). The Bertz CT molecular complexity index is 843. The first-order chi connectivity index (χ1) is 12.7. The fourth-order valence-corrected chi connectivity index (χ4v) is 3.71. The molecule has 146 valence electrons. The molecule has 1 heterocycles. The highest BCUT2D eigenvalue weighted by Crippen LogP contribution is 2.23. The van der Waals surface area contributed by atoms with Crippen molar-refractivity contribution in [2.24, 2.45) is 11.7 Å². The van der Waals surface area contributed by atoms with Crippen LogP contribution in [0.5, 0.6) is 0 Å². The number of hydrogen-bond donors (Lipinski definition) is 1. The average Bonchev–Trinajstić information content (AvgIpc) is 2.95. The molecule has 0 spiro atoms. The van der Waals surface area contributed by atoms with Crippen molar-refractivity contribution in [2.45, 2.75) is 59.2 Å². The van der Waals surface area contributed by atoms with E-state index in [1.165, 1.54) is 17.3 Å². The molecule has 2 rings (SSSR count). The van der Waals surface area contributed by atoms with Crippen LogP contribution in [0.2, 0.25) is 0 Å². The third-order valence-corrected chi connectivity index (χ3v) is 5.38. The van der Waals surface area contributed by atoms with Crippen LogP contribution in [0, 0.1) is 26.7 Å². The number of Topliss-reactive ketones (excluding diaryl/α,β-unsaturated/α-hetero) is 1. The summed E-state index contributed by atoms with van der Waals surface area (Å²) in [6.45, 7) is 11.0. The van der Waals surface area contributed by atoms with E-state index < -0.39 is 0 Å². The summed E-state index contributed by atoms with van der Waals surface area (Å²) in [5.41, 5.74) is 9.31. The lowest BCUT2D eigenvalue weighted by atomic mass is 9.99. The van der Waals surface area contributed by atoms with Crippen LogP contribution in [0.4, 0.5) is 0 Å². The maximum absolute atomic E-state index is 12.7. The summed E-state index contributed by atoms with van der Waals surface area (Å²) < 4.78 is 2.00. The molecule has 0 saturated carbocycles. The number of primary amides is 1. The molecule has 27 heavy (non-hydrogen) atoms. The van der Waals surface area contributed by atoms with E-state index in [4.69, 9.17) is 5.73 Å². The zero-order chi connectivity index (χ0) is 20.1. The van der Waals surface area contributed by atoms with Gasteiger partial charge >= 0.3 is 0 Å². The summed E-state index contributed by atoms with van der Waals surface area (Å²) in [7, 11) is 0. The van der Waals surface area contributed by atoms with E-state index in [0.29, 0.717) is 23.2 Å². The molecule has 0 atom stereocenters. The highest BCUT2D eigenvalue weighted by molar-refractivity contribution is 7.99. The molecule has 0 fully saturated rings. The Balaban J connectivity index is 2.15. The molecule has 7 heteroatoms. The van der Waals surface area contributed by atoms with Crippen molar-refractivity contribution >= 4 is 23.5 Å². The molecule has 1 amide bonds. The van der Waals surface area contributed by atoms with Gasteiger partial charge in [-0.05, 0) is 49.4 Å². The third kappa shape index (κ3) is 5.66. The molecular formula is C20H28N4O2S. The second kappa shape index (κ2) is 9.17. The monoisotopic (exact) mass is 388 g/mol. The van der Waals surface area contributed by atoms with Crippen LogP contribution in [-0.4, -0.2) is 32.2 Å². The minimum Gasteiger partial charge on any atom is -0.370 e. The highest BCUT2D eigenvalue weighted by atomic mass is 32.2. The predicted octanol–water partition coefficient (Wildman–Crippen LogP) is 3.25. The molecule has 0 unspecified atom stereocenters. The highest BCUT2D eigenvalue weighted by Gasteiger charge is 2.17. The quantitative estimate of drug-likeness (QED) is 0.526. The third-order valence-electron chi connectivity index (χ3n) is 4.41.